The van der Waals surface area contributed by atoms with Gasteiger partial charge in [0.15, 0.2) is 0 Å². The van der Waals surface area contributed by atoms with Gasteiger partial charge in [0.05, 0.1) is 23.8 Å². The summed E-state index contributed by atoms with van der Waals surface area (Å²) in [7, 11) is 0. The Hall–Kier alpha value is -3.29. The Bertz CT molecular complexity index is 1020. The van der Waals surface area contributed by atoms with E-state index >= 15 is 0 Å². The van der Waals surface area contributed by atoms with Crippen LogP contribution in [0.4, 0.5) is 0 Å². The average Bonchev–Trinajstić information content (AvgIpc) is 2.74. The second-order valence-electron chi connectivity index (χ2n) is 6.76. The predicted molar refractivity (Wildman–Crippen MR) is 103 cm³/mol. The minimum atomic E-state index is -0.125. The molecule has 28 heavy (non-hydrogen) atoms. The van der Waals surface area contributed by atoms with Gasteiger partial charge in [-0.2, -0.15) is 0 Å². The maximum absolute atomic E-state index is 12.6. The van der Waals surface area contributed by atoms with Gasteiger partial charge in [-0.1, -0.05) is 12.1 Å². The molecule has 1 fully saturated rings. The highest BCUT2D eigenvalue weighted by atomic mass is 16.5. The maximum Gasteiger partial charge on any atom is 0.316 e. The summed E-state index contributed by atoms with van der Waals surface area (Å²) < 4.78 is 7.28. The molecular formula is C20H21N5O3. The number of aromatic nitrogens is 4. The van der Waals surface area contributed by atoms with Crippen molar-refractivity contribution in [1.82, 2.24) is 24.4 Å². The third-order valence-electron chi connectivity index (χ3n) is 4.84. The Morgan fingerprint density at radius 1 is 1.14 bits per heavy atom. The lowest BCUT2D eigenvalue weighted by Gasteiger charge is -2.32. The Kier molecular flexibility index (Phi) is 5.27. The molecule has 0 spiro atoms. The molecule has 1 saturated heterocycles. The van der Waals surface area contributed by atoms with Crippen molar-refractivity contribution < 1.29 is 9.53 Å². The van der Waals surface area contributed by atoms with Crippen molar-refractivity contribution in [2.45, 2.75) is 31.9 Å². The minimum Gasteiger partial charge on any atom is -0.458 e. The van der Waals surface area contributed by atoms with Gasteiger partial charge in [-0.05, 0) is 31.0 Å². The van der Waals surface area contributed by atoms with Crippen LogP contribution in [0.1, 0.15) is 19.3 Å². The Morgan fingerprint density at radius 3 is 2.82 bits per heavy atom. The topological polar surface area (TPSA) is 90.2 Å². The van der Waals surface area contributed by atoms with Gasteiger partial charge in [0.2, 0.25) is 5.91 Å². The number of carbonyl (C=O) groups excluding carboxylic acids is 1. The first-order chi connectivity index (χ1) is 13.7. The Labute approximate surface area is 161 Å². The Morgan fingerprint density at radius 2 is 1.96 bits per heavy atom. The molecule has 1 aliphatic rings. The number of ether oxygens (including phenoxy) is 1. The molecule has 0 aliphatic carbocycles. The lowest BCUT2D eigenvalue weighted by Crippen LogP contribution is -2.44. The van der Waals surface area contributed by atoms with E-state index in [0.29, 0.717) is 36.5 Å². The van der Waals surface area contributed by atoms with Crippen molar-refractivity contribution in [3.8, 4) is 6.01 Å². The van der Waals surface area contributed by atoms with Gasteiger partial charge in [-0.3, -0.25) is 14.2 Å². The van der Waals surface area contributed by atoms with Crippen LogP contribution in [0.5, 0.6) is 6.01 Å². The van der Waals surface area contributed by atoms with E-state index in [1.54, 1.807) is 35.5 Å². The molecule has 0 unspecified atom stereocenters. The number of carbonyl (C=O) groups is 1. The van der Waals surface area contributed by atoms with Gasteiger partial charge in [-0.25, -0.2) is 15.0 Å². The van der Waals surface area contributed by atoms with Gasteiger partial charge in [0, 0.05) is 31.9 Å². The number of aryl methyl sites for hydroxylation is 1. The number of para-hydroxylation sites is 1. The molecule has 0 N–H and O–H groups in total. The SMILES string of the molecule is O=C(CCn1cnc2ccccc2c1=O)N1CCC[C@H](Oc2ncccn2)C1. The summed E-state index contributed by atoms with van der Waals surface area (Å²) in [6, 6.07) is 9.27. The van der Waals surface area contributed by atoms with Crippen molar-refractivity contribution >= 4 is 16.8 Å². The fraction of sp³-hybridized carbons (Fsp3) is 0.350. The van der Waals surface area contributed by atoms with Crippen LogP contribution in [0.25, 0.3) is 10.9 Å². The van der Waals surface area contributed by atoms with E-state index < -0.39 is 0 Å². The van der Waals surface area contributed by atoms with Crippen LogP contribution < -0.4 is 10.3 Å². The molecule has 144 valence electrons. The third-order valence-corrected chi connectivity index (χ3v) is 4.84. The van der Waals surface area contributed by atoms with E-state index in [2.05, 4.69) is 15.0 Å². The standard InChI is InChI=1S/C20H21N5O3/c26-18(8-12-25-14-23-17-7-2-1-6-16(17)19(25)27)24-11-3-5-15(13-24)28-20-21-9-4-10-22-20/h1-2,4,6-7,9-10,14-15H,3,5,8,11-13H2/t15-/m0/s1. The molecule has 0 bridgehead atoms. The molecule has 3 heterocycles. The highest BCUT2D eigenvalue weighted by Crippen LogP contribution is 2.16. The minimum absolute atomic E-state index is 0.00217. The smallest absolute Gasteiger partial charge is 0.316 e. The van der Waals surface area contributed by atoms with Crippen molar-refractivity contribution in [2.24, 2.45) is 0 Å². The molecule has 2 aromatic heterocycles. The van der Waals surface area contributed by atoms with Gasteiger partial charge in [-0.15, -0.1) is 0 Å². The summed E-state index contributed by atoms with van der Waals surface area (Å²) in [6.07, 6.45) is 6.61. The number of rotatable bonds is 5. The quantitative estimate of drug-likeness (QED) is 0.670. The number of nitrogens with zero attached hydrogens (tertiary/aromatic N) is 5. The average molecular weight is 379 g/mol. The summed E-state index contributed by atoms with van der Waals surface area (Å²) in [4.78, 5) is 39.4. The molecule has 4 rings (SSSR count). The number of fused-ring (bicyclic) bond motifs is 1. The predicted octanol–water partition coefficient (Wildman–Crippen LogP) is 1.65. The van der Waals surface area contributed by atoms with Gasteiger partial charge >= 0.3 is 6.01 Å². The lowest BCUT2D eigenvalue weighted by atomic mass is 10.1. The second-order valence-corrected chi connectivity index (χ2v) is 6.76. The van der Waals surface area contributed by atoms with Gasteiger partial charge in [0.25, 0.3) is 5.56 Å². The number of hydrogen-bond donors (Lipinski definition) is 0. The molecule has 8 nitrogen and oxygen atoms in total. The zero-order chi connectivity index (χ0) is 19.3. The monoisotopic (exact) mass is 379 g/mol. The van der Waals surface area contributed by atoms with Crippen LogP contribution >= 0.6 is 0 Å². The molecular weight excluding hydrogens is 358 g/mol. The zero-order valence-electron chi connectivity index (χ0n) is 15.4. The number of amides is 1. The molecule has 1 aromatic carbocycles. The third kappa shape index (κ3) is 4.00. The molecule has 1 atom stereocenters. The molecule has 0 saturated carbocycles. The Balaban J connectivity index is 1.37. The number of likely N-dealkylation sites (tertiary alicyclic amines) is 1. The van der Waals surface area contributed by atoms with Crippen molar-refractivity contribution in [3.05, 3.63) is 59.4 Å². The van der Waals surface area contributed by atoms with Gasteiger partial charge in [0.1, 0.15) is 6.10 Å². The number of piperidine rings is 1. The first-order valence-electron chi connectivity index (χ1n) is 9.36. The van der Waals surface area contributed by atoms with E-state index in [1.807, 2.05) is 12.1 Å². The van der Waals surface area contributed by atoms with Crippen LogP contribution in [-0.2, 0) is 11.3 Å². The lowest BCUT2D eigenvalue weighted by molar-refractivity contribution is -0.134. The van der Waals surface area contributed by atoms with Crippen LogP contribution in [-0.4, -0.2) is 49.5 Å². The van der Waals surface area contributed by atoms with E-state index in [9.17, 15) is 9.59 Å². The highest BCUT2D eigenvalue weighted by molar-refractivity contribution is 5.77. The summed E-state index contributed by atoms with van der Waals surface area (Å²) >= 11 is 0. The van der Waals surface area contributed by atoms with Crippen LogP contribution in [0.2, 0.25) is 0 Å². The number of benzene rings is 1. The highest BCUT2D eigenvalue weighted by Gasteiger charge is 2.25. The fourth-order valence-electron chi connectivity index (χ4n) is 3.40. The van der Waals surface area contributed by atoms with E-state index in [1.165, 1.54) is 10.9 Å². The van der Waals surface area contributed by atoms with E-state index in [-0.39, 0.29) is 24.0 Å². The van der Waals surface area contributed by atoms with Crippen molar-refractivity contribution in [3.63, 3.8) is 0 Å². The van der Waals surface area contributed by atoms with E-state index in [4.69, 9.17) is 4.74 Å². The summed E-state index contributed by atoms with van der Waals surface area (Å²) in [5.74, 6) is 0.00217. The van der Waals surface area contributed by atoms with Crippen molar-refractivity contribution in [2.75, 3.05) is 13.1 Å². The van der Waals surface area contributed by atoms with Crippen LogP contribution in [0.15, 0.2) is 53.8 Å². The van der Waals surface area contributed by atoms with Crippen LogP contribution in [0, 0.1) is 0 Å². The second kappa shape index (κ2) is 8.16. The normalized spacial score (nSPS) is 16.9. The van der Waals surface area contributed by atoms with Crippen molar-refractivity contribution in [1.29, 1.82) is 0 Å². The zero-order valence-corrected chi connectivity index (χ0v) is 15.4. The summed E-state index contributed by atoms with van der Waals surface area (Å²) in [5, 5.41) is 0.562. The molecule has 3 aromatic rings. The molecule has 0 radical (unpaired) electrons. The fourth-order valence-corrected chi connectivity index (χ4v) is 3.40. The maximum atomic E-state index is 12.6. The molecule has 1 amide bonds. The molecule has 1 aliphatic heterocycles. The van der Waals surface area contributed by atoms with Crippen LogP contribution in [0.3, 0.4) is 0 Å². The van der Waals surface area contributed by atoms with Gasteiger partial charge < -0.3 is 9.64 Å². The summed E-state index contributed by atoms with van der Waals surface area (Å²) in [6.45, 7) is 1.50. The molecule has 8 heteroatoms. The largest absolute Gasteiger partial charge is 0.458 e. The summed E-state index contributed by atoms with van der Waals surface area (Å²) in [5.41, 5.74) is 0.536. The van der Waals surface area contributed by atoms with E-state index in [0.717, 1.165) is 12.8 Å². The first kappa shape index (κ1) is 18.1. The number of hydrogen-bond acceptors (Lipinski definition) is 6. The first-order valence-corrected chi connectivity index (χ1v) is 9.36.